The Morgan fingerprint density at radius 1 is 0.935 bits per heavy atom. The fourth-order valence-corrected chi connectivity index (χ4v) is 3.57. The third-order valence-corrected chi connectivity index (χ3v) is 5.32. The minimum atomic E-state index is -1.58. The molecule has 1 aromatic rings. The second kappa shape index (κ2) is 7.82. The number of ether oxygens (including phenoxy) is 3. The van der Waals surface area contributed by atoms with Gasteiger partial charge in [-0.25, -0.2) is 0 Å². The van der Waals surface area contributed by atoms with Gasteiger partial charge in [0.2, 0.25) is 18.2 Å². The highest BCUT2D eigenvalue weighted by molar-refractivity contribution is 5.69. The SMILES string of the molecule is CC1OC(OC2=C(c3ccc(O)c(O)c3)[OH+]C3C=C(O)C=C(O)C3=C2)C(O)C(O)C1O. The van der Waals surface area contributed by atoms with Gasteiger partial charge in [-0.05, 0) is 19.1 Å². The van der Waals surface area contributed by atoms with E-state index in [1.165, 1.54) is 37.3 Å². The van der Waals surface area contributed by atoms with Crippen LogP contribution in [0.2, 0.25) is 0 Å². The van der Waals surface area contributed by atoms with Crippen molar-refractivity contribution in [2.24, 2.45) is 0 Å². The first-order chi connectivity index (χ1) is 14.7. The van der Waals surface area contributed by atoms with Gasteiger partial charge in [0.25, 0.3) is 0 Å². The minimum Gasteiger partial charge on any atom is -0.571 e. The Balaban J connectivity index is 1.76. The Kier molecular flexibility index (Phi) is 5.31. The highest BCUT2D eigenvalue weighted by Gasteiger charge is 2.45. The van der Waals surface area contributed by atoms with Crippen LogP contribution < -0.4 is 0 Å². The van der Waals surface area contributed by atoms with Crippen LogP contribution in [0, 0.1) is 0 Å². The molecule has 1 aromatic carbocycles. The second-order valence-corrected chi connectivity index (χ2v) is 7.51. The Hall–Kier alpha value is -3.18. The standard InChI is InChI=1S/C21H22O10/c1-8-17(26)18(27)19(28)21(29-8)31-16-7-11-13(24)5-10(22)6-15(11)30-20(16)9-2-3-12(23)14(25)4-9/h2-8,15,17-19,21-28H,1H3/p+1. The van der Waals surface area contributed by atoms with Gasteiger partial charge >= 0.3 is 5.76 Å². The molecule has 31 heavy (non-hydrogen) atoms. The molecule has 1 aliphatic carbocycles. The first kappa shape index (κ1) is 21.1. The smallest absolute Gasteiger partial charge is 0.305 e. The van der Waals surface area contributed by atoms with E-state index in [9.17, 15) is 35.7 Å². The van der Waals surface area contributed by atoms with Gasteiger partial charge in [-0.1, -0.05) is 0 Å². The normalized spacial score (nSPS) is 33.0. The first-order valence-electron chi connectivity index (χ1n) is 9.53. The Morgan fingerprint density at radius 2 is 1.68 bits per heavy atom. The second-order valence-electron chi connectivity index (χ2n) is 7.51. The third kappa shape index (κ3) is 3.81. The molecule has 10 nitrogen and oxygen atoms in total. The molecule has 2 heterocycles. The molecule has 0 aromatic heterocycles. The van der Waals surface area contributed by atoms with Crippen molar-refractivity contribution in [1.82, 2.24) is 0 Å². The molecule has 10 heteroatoms. The van der Waals surface area contributed by atoms with Crippen LogP contribution in [0.5, 0.6) is 11.5 Å². The van der Waals surface area contributed by atoms with Gasteiger partial charge in [-0.3, -0.25) is 0 Å². The molecule has 166 valence electrons. The molecule has 1 saturated heterocycles. The summed E-state index contributed by atoms with van der Waals surface area (Å²) in [6.07, 6.45) is -3.40. The van der Waals surface area contributed by atoms with E-state index in [1.807, 2.05) is 0 Å². The number of hydrogen-bond donors (Lipinski definition) is 7. The maximum atomic E-state index is 10.3. The van der Waals surface area contributed by atoms with Crippen molar-refractivity contribution in [2.75, 3.05) is 0 Å². The molecule has 0 saturated carbocycles. The first-order valence-corrected chi connectivity index (χ1v) is 9.53. The van der Waals surface area contributed by atoms with Gasteiger partial charge in [0.15, 0.2) is 11.5 Å². The number of benzene rings is 1. The van der Waals surface area contributed by atoms with Crippen molar-refractivity contribution in [3.63, 3.8) is 0 Å². The van der Waals surface area contributed by atoms with E-state index in [0.717, 1.165) is 6.08 Å². The molecule has 0 amide bonds. The molecule has 0 spiro atoms. The zero-order chi connectivity index (χ0) is 22.4. The van der Waals surface area contributed by atoms with Crippen LogP contribution in [0.15, 0.2) is 59.3 Å². The van der Waals surface area contributed by atoms with E-state index in [-0.39, 0.29) is 28.8 Å². The van der Waals surface area contributed by atoms with Crippen LogP contribution in [0.3, 0.4) is 0 Å². The molecular formula is C21H23O10+. The van der Waals surface area contributed by atoms with Crippen molar-refractivity contribution < 1.29 is 50.0 Å². The van der Waals surface area contributed by atoms with Crippen LogP contribution in [0.25, 0.3) is 5.76 Å². The van der Waals surface area contributed by atoms with Crippen LogP contribution in [0.1, 0.15) is 12.5 Å². The van der Waals surface area contributed by atoms with E-state index in [4.69, 9.17) is 9.47 Å². The minimum absolute atomic E-state index is 0.0333. The summed E-state index contributed by atoms with van der Waals surface area (Å²) >= 11 is 0. The van der Waals surface area contributed by atoms with E-state index >= 15 is 0 Å². The van der Waals surface area contributed by atoms with Crippen LogP contribution >= 0.6 is 0 Å². The summed E-state index contributed by atoms with van der Waals surface area (Å²) in [5, 5.41) is 69.8. The monoisotopic (exact) mass is 435 g/mol. The molecule has 1 fully saturated rings. The van der Waals surface area contributed by atoms with E-state index in [1.54, 1.807) is 0 Å². The number of aliphatic hydroxyl groups is 7. The van der Waals surface area contributed by atoms with E-state index < -0.39 is 42.6 Å². The van der Waals surface area contributed by atoms with Crippen molar-refractivity contribution in [3.05, 3.63) is 64.8 Å². The summed E-state index contributed by atoms with van der Waals surface area (Å²) in [5.41, 5.74) is 0.639. The van der Waals surface area contributed by atoms with Crippen LogP contribution in [0.4, 0.5) is 0 Å². The van der Waals surface area contributed by atoms with Crippen molar-refractivity contribution in [3.8, 4) is 11.5 Å². The van der Waals surface area contributed by atoms with Crippen molar-refractivity contribution >= 4 is 5.76 Å². The maximum absolute atomic E-state index is 10.3. The fourth-order valence-electron chi connectivity index (χ4n) is 3.57. The molecule has 8 N–H and O–H groups in total. The molecule has 0 radical (unpaired) electrons. The summed E-state index contributed by atoms with van der Waals surface area (Å²) in [6, 6.07) is 3.97. The lowest BCUT2D eigenvalue weighted by Gasteiger charge is -2.39. The summed E-state index contributed by atoms with van der Waals surface area (Å²) in [5.74, 6) is -0.960. The zero-order valence-electron chi connectivity index (χ0n) is 16.3. The highest BCUT2D eigenvalue weighted by Crippen LogP contribution is 2.38. The summed E-state index contributed by atoms with van der Waals surface area (Å²) in [6.45, 7) is 1.51. The average Bonchev–Trinajstić information content (AvgIpc) is 2.72. The summed E-state index contributed by atoms with van der Waals surface area (Å²) < 4.78 is 15.8. The molecule has 6 unspecified atom stereocenters. The number of fused-ring (bicyclic) bond motifs is 1. The highest BCUT2D eigenvalue weighted by atomic mass is 16.7. The topological polar surface area (TPSA) is 173 Å². The molecule has 6 atom stereocenters. The van der Waals surface area contributed by atoms with Gasteiger partial charge < -0.3 is 50.0 Å². The van der Waals surface area contributed by atoms with Gasteiger partial charge in [-0.2, -0.15) is 0 Å². The predicted molar refractivity (Wildman–Crippen MR) is 106 cm³/mol. The number of hydrogen-bond acceptors (Lipinski definition) is 9. The van der Waals surface area contributed by atoms with Crippen LogP contribution in [-0.4, -0.2) is 77.3 Å². The lowest BCUT2D eigenvalue weighted by Crippen LogP contribution is -2.57. The van der Waals surface area contributed by atoms with Crippen molar-refractivity contribution in [2.45, 2.75) is 43.7 Å². The largest absolute Gasteiger partial charge is 0.571 e. The van der Waals surface area contributed by atoms with Crippen molar-refractivity contribution in [1.29, 1.82) is 0 Å². The number of aromatic hydroxyl groups is 2. The van der Waals surface area contributed by atoms with Gasteiger partial charge in [0.1, 0.15) is 29.8 Å². The lowest BCUT2D eigenvalue weighted by atomic mass is 9.97. The number of phenols is 2. The zero-order valence-corrected chi connectivity index (χ0v) is 16.3. The average molecular weight is 435 g/mol. The maximum Gasteiger partial charge on any atom is 0.305 e. The molecule has 4 rings (SSSR count). The Bertz CT molecular complexity index is 1010. The Labute approximate surface area is 176 Å². The molecule has 2 aliphatic heterocycles. The lowest BCUT2D eigenvalue weighted by molar-refractivity contribution is -0.282. The Morgan fingerprint density at radius 3 is 2.39 bits per heavy atom. The summed E-state index contributed by atoms with van der Waals surface area (Å²) in [4.78, 5) is 0. The predicted octanol–water partition coefficient (Wildman–Crippen LogP) is 0.344. The third-order valence-electron chi connectivity index (χ3n) is 5.32. The fraction of sp³-hybridized carbons (Fsp3) is 0.333. The quantitative estimate of drug-likeness (QED) is 0.261. The van der Waals surface area contributed by atoms with Gasteiger partial charge in [-0.15, -0.1) is 0 Å². The van der Waals surface area contributed by atoms with Gasteiger partial charge in [0, 0.05) is 18.2 Å². The van der Waals surface area contributed by atoms with Crippen LogP contribution in [-0.2, 0) is 9.47 Å². The molecule has 3 aliphatic rings. The number of phenolic OH excluding ortho intramolecular Hbond substituents is 2. The van der Waals surface area contributed by atoms with Gasteiger partial charge in [0.05, 0.1) is 23.3 Å². The van der Waals surface area contributed by atoms with E-state index in [2.05, 4.69) is 4.74 Å². The molecule has 0 bridgehead atoms. The number of rotatable bonds is 3. The van der Waals surface area contributed by atoms with E-state index in [0.29, 0.717) is 11.1 Å². The number of aliphatic hydroxyl groups excluding tert-OH is 5. The number of allylic oxidation sites excluding steroid dienone is 2. The summed E-state index contributed by atoms with van der Waals surface area (Å²) in [7, 11) is 0. The molecular weight excluding hydrogens is 412 g/mol.